The number of hydrogen-bond acceptors (Lipinski definition) is 5. The van der Waals surface area contributed by atoms with Gasteiger partial charge in [-0.15, -0.1) is 6.42 Å². The number of hydrogen-bond donors (Lipinski definition) is 1. The highest BCUT2D eigenvalue weighted by molar-refractivity contribution is 5.56. The second kappa shape index (κ2) is 4.76. The SMILES string of the molecule is C#CC(C)Nc1ncc([N+](=O)[O-])cc1C#N. The van der Waals surface area contributed by atoms with Crippen LogP contribution in [0.15, 0.2) is 12.3 Å². The Bertz CT molecular complexity index is 499. The molecule has 0 aliphatic heterocycles. The summed E-state index contributed by atoms with van der Waals surface area (Å²) in [5.74, 6) is 2.66. The third-order valence-electron chi connectivity index (χ3n) is 1.81. The quantitative estimate of drug-likeness (QED) is 0.467. The van der Waals surface area contributed by atoms with Crippen LogP contribution in [0.3, 0.4) is 0 Å². The molecule has 1 heterocycles. The maximum Gasteiger partial charge on any atom is 0.289 e. The molecule has 1 rings (SSSR count). The van der Waals surface area contributed by atoms with Crippen molar-refractivity contribution in [2.75, 3.05) is 5.32 Å². The average Bonchev–Trinajstić information content (AvgIpc) is 2.29. The zero-order chi connectivity index (χ0) is 12.1. The van der Waals surface area contributed by atoms with Crippen molar-refractivity contribution in [3.8, 4) is 18.4 Å². The molecule has 1 atom stereocenters. The van der Waals surface area contributed by atoms with Gasteiger partial charge in [0.05, 0.1) is 11.0 Å². The van der Waals surface area contributed by atoms with E-state index in [1.807, 2.05) is 6.07 Å². The van der Waals surface area contributed by atoms with Crippen LogP contribution in [0.25, 0.3) is 0 Å². The first-order valence-electron chi connectivity index (χ1n) is 4.35. The fourth-order valence-electron chi connectivity index (χ4n) is 1.00. The molecule has 0 fully saturated rings. The molecule has 0 aliphatic rings. The van der Waals surface area contributed by atoms with Gasteiger partial charge in [-0.1, -0.05) is 5.92 Å². The molecule has 6 nitrogen and oxygen atoms in total. The van der Waals surface area contributed by atoms with Gasteiger partial charge in [0.25, 0.3) is 5.69 Å². The Morgan fingerprint density at radius 2 is 2.44 bits per heavy atom. The minimum Gasteiger partial charge on any atom is -0.356 e. The number of aromatic nitrogens is 1. The fraction of sp³-hybridized carbons (Fsp3) is 0.200. The van der Waals surface area contributed by atoms with Gasteiger partial charge in [-0.2, -0.15) is 5.26 Å². The molecule has 0 bridgehead atoms. The number of nitriles is 1. The molecule has 0 saturated heterocycles. The van der Waals surface area contributed by atoms with Gasteiger partial charge >= 0.3 is 0 Å². The summed E-state index contributed by atoms with van der Waals surface area (Å²) in [7, 11) is 0. The van der Waals surface area contributed by atoms with E-state index in [1.165, 1.54) is 0 Å². The summed E-state index contributed by atoms with van der Waals surface area (Å²) in [5.41, 5.74) is -0.133. The first kappa shape index (κ1) is 11.5. The van der Waals surface area contributed by atoms with E-state index < -0.39 is 4.92 Å². The molecular formula is C10H8N4O2. The lowest BCUT2D eigenvalue weighted by atomic mass is 10.2. The Kier molecular flexibility index (Phi) is 3.41. The zero-order valence-electron chi connectivity index (χ0n) is 8.47. The van der Waals surface area contributed by atoms with Crippen molar-refractivity contribution in [2.24, 2.45) is 0 Å². The minimum absolute atomic E-state index is 0.0938. The second-order valence-corrected chi connectivity index (χ2v) is 2.99. The predicted octanol–water partition coefficient (Wildman–Crippen LogP) is 1.30. The number of nitrogens with zero attached hydrogens (tertiary/aromatic N) is 3. The number of anilines is 1. The molecule has 0 aliphatic carbocycles. The topological polar surface area (TPSA) is 91.8 Å². The predicted molar refractivity (Wildman–Crippen MR) is 57.5 cm³/mol. The van der Waals surface area contributed by atoms with Crippen LogP contribution in [-0.4, -0.2) is 15.9 Å². The lowest BCUT2D eigenvalue weighted by molar-refractivity contribution is -0.385. The smallest absolute Gasteiger partial charge is 0.289 e. The zero-order valence-corrected chi connectivity index (χ0v) is 8.47. The largest absolute Gasteiger partial charge is 0.356 e. The summed E-state index contributed by atoms with van der Waals surface area (Å²) in [6.07, 6.45) is 6.23. The Morgan fingerprint density at radius 1 is 1.75 bits per heavy atom. The standard InChI is InChI=1S/C10H8N4O2/c1-3-7(2)13-10-8(5-11)4-9(6-12-10)14(15)16/h1,4,6-7H,2H3,(H,12,13). The Hall–Kier alpha value is -2.60. The van der Waals surface area contributed by atoms with Crippen molar-refractivity contribution in [1.29, 1.82) is 5.26 Å². The van der Waals surface area contributed by atoms with Crippen LogP contribution in [0.2, 0.25) is 0 Å². The van der Waals surface area contributed by atoms with E-state index in [4.69, 9.17) is 11.7 Å². The number of rotatable bonds is 3. The molecule has 16 heavy (non-hydrogen) atoms. The second-order valence-electron chi connectivity index (χ2n) is 2.99. The molecule has 0 spiro atoms. The maximum absolute atomic E-state index is 10.5. The highest BCUT2D eigenvalue weighted by Crippen LogP contribution is 2.18. The number of nitro groups is 1. The Balaban J connectivity index is 3.09. The van der Waals surface area contributed by atoms with Crippen molar-refractivity contribution in [3.05, 3.63) is 27.9 Å². The van der Waals surface area contributed by atoms with Gasteiger partial charge in [0.15, 0.2) is 0 Å². The maximum atomic E-state index is 10.5. The third kappa shape index (κ3) is 2.46. The molecule has 0 aromatic carbocycles. The van der Waals surface area contributed by atoms with Crippen LogP contribution in [0.5, 0.6) is 0 Å². The summed E-state index contributed by atoms with van der Waals surface area (Å²) in [4.78, 5) is 13.6. The highest BCUT2D eigenvalue weighted by atomic mass is 16.6. The lowest BCUT2D eigenvalue weighted by Gasteiger charge is -2.08. The minimum atomic E-state index is -0.609. The summed E-state index contributed by atoms with van der Waals surface area (Å²) in [5, 5.41) is 22.1. The molecule has 1 aromatic heterocycles. The molecular weight excluding hydrogens is 208 g/mol. The summed E-state index contributed by atoms with van der Waals surface area (Å²) in [6, 6.07) is 2.67. The van der Waals surface area contributed by atoms with E-state index in [2.05, 4.69) is 16.2 Å². The lowest BCUT2D eigenvalue weighted by Crippen LogP contribution is -2.14. The highest BCUT2D eigenvalue weighted by Gasteiger charge is 2.12. The van der Waals surface area contributed by atoms with E-state index in [1.54, 1.807) is 6.92 Å². The van der Waals surface area contributed by atoms with Gasteiger partial charge in [-0.3, -0.25) is 10.1 Å². The monoisotopic (exact) mass is 216 g/mol. The van der Waals surface area contributed by atoms with Crippen molar-refractivity contribution < 1.29 is 4.92 Å². The first-order valence-corrected chi connectivity index (χ1v) is 4.35. The van der Waals surface area contributed by atoms with E-state index in [-0.39, 0.29) is 23.1 Å². The Morgan fingerprint density at radius 3 is 2.94 bits per heavy atom. The molecule has 1 unspecified atom stereocenters. The average molecular weight is 216 g/mol. The molecule has 1 aromatic rings. The van der Waals surface area contributed by atoms with Gasteiger partial charge in [0, 0.05) is 6.07 Å². The summed E-state index contributed by atoms with van der Waals surface area (Å²) < 4.78 is 0. The van der Waals surface area contributed by atoms with Crippen molar-refractivity contribution >= 4 is 11.5 Å². The molecule has 0 amide bonds. The van der Waals surface area contributed by atoms with Gasteiger partial charge in [-0.05, 0) is 6.92 Å². The molecule has 80 valence electrons. The summed E-state index contributed by atoms with van der Waals surface area (Å²) >= 11 is 0. The van der Waals surface area contributed by atoms with Gasteiger partial charge < -0.3 is 5.32 Å². The fourth-order valence-corrected chi connectivity index (χ4v) is 1.00. The molecule has 0 saturated carbocycles. The van der Waals surface area contributed by atoms with Crippen molar-refractivity contribution in [1.82, 2.24) is 4.98 Å². The van der Waals surface area contributed by atoms with E-state index in [9.17, 15) is 10.1 Å². The normalized spacial score (nSPS) is 10.9. The van der Waals surface area contributed by atoms with Crippen LogP contribution < -0.4 is 5.32 Å². The molecule has 0 radical (unpaired) electrons. The van der Waals surface area contributed by atoms with Gasteiger partial charge in [0.1, 0.15) is 23.6 Å². The van der Waals surface area contributed by atoms with Crippen LogP contribution in [0.4, 0.5) is 11.5 Å². The van der Waals surface area contributed by atoms with Gasteiger partial charge in [-0.25, -0.2) is 4.98 Å². The summed E-state index contributed by atoms with van der Waals surface area (Å²) in [6.45, 7) is 1.71. The third-order valence-corrected chi connectivity index (χ3v) is 1.81. The van der Waals surface area contributed by atoms with Crippen molar-refractivity contribution in [3.63, 3.8) is 0 Å². The van der Waals surface area contributed by atoms with E-state index in [0.29, 0.717) is 0 Å². The number of terminal acetylenes is 1. The number of pyridine rings is 1. The van der Waals surface area contributed by atoms with Crippen LogP contribution in [0.1, 0.15) is 12.5 Å². The van der Waals surface area contributed by atoms with Crippen LogP contribution in [-0.2, 0) is 0 Å². The first-order chi connectivity index (χ1) is 7.58. The van der Waals surface area contributed by atoms with Crippen LogP contribution >= 0.6 is 0 Å². The Labute approximate surface area is 92.1 Å². The van der Waals surface area contributed by atoms with E-state index >= 15 is 0 Å². The van der Waals surface area contributed by atoms with Gasteiger partial charge in [0.2, 0.25) is 0 Å². The molecule has 1 N–H and O–H groups in total. The van der Waals surface area contributed by atoms with Crippen molar-refractivity contribution in [2.45, 2.75) is 13.0 Å². The van der Waals surface area contributed by atoms with E-state index in [0.717, 1.165) is 12.3 Å². The van der Waals surface area contributed by atoms with Crippen LogP contribution in [0, 0.1) is 33.8 Å². The number of nitrogens with one attached hydrogen (secondary N) is 1. The molecule has 6 heteroatoms.